The molecule has 1 aliphatic heterocycles. The predicted octanol–water partition coefficient (Wildman–Crippen LogP) is 2.05. The molecule has 0 radical (unpaired) electrons. The van der Waals surface area contributed by atoms with E-state index in [9.17, 15) is 48.1 Å². The van der Waals surface area contributed by atoms with E-state index in [2.05, 4.69) is 45.5 Å². The van der Waals surface area contributed by atoms with Gasteiger partial charge in [-0.25, -0.2) is 9.55 Å². The Morgan fingerprint density at radius 2 is 1.57 bits per heavy atom. The van der Waals surface area contributed by atoms with Crippen LogP contribution >= 0.6 is 20.5 Å². The van der Waals surface area contributed by atoms with E-state index < -0.39 is 98.7 Å². The molecule has 0 bridgehead atoms. The van der Waals surface area contributed by atoms with Gasteiger partial charge in [0.1, 0.15) is 12.1 Å². The molecule has 1 aromatic rings. The molecule has 1 unspecified atom stereocenters. The lowest BCUT2D eigenvalue weighted by Crippen LogP contribution is -2.52. The number of aliphatic hydroxyl groups excluding tert-OH is 1. The van der Waals surface area contributed by atoms with Crippen molar-refractivity contribution >= 4 is 61.6 Å². The summed E-state index contributed by atoms with van der Waals surface area (Å²) in [5, 5.41) is 18.2. The molecule has 5 amide bonds. The Morgan fingerprint density at radius 1 is 0.914 bits per heavy atom. The number of primary amides is 1. The molecule has 400 valence electrons. The second-order valence-electron chi connectivity index (χ2n) is 18.1. The summed E-state index contributed by atoms with van der Waals surface area (Å²) in [6.07, 6.45) is 9.47. The Morgan fingerprint density at radius 3 is 2.19 bits per heavy atom. The van der Waals surface area contributed by atoms with Gasteiger partial charge >= 0.3 is 7.82 Å². The molecule has 10 N–H and O–H groups in total. The zero-order chi connectivity index (χ0) is 52.1. The van der Waals surface area contributed by atoms with Crippen LogP contribution in [0.1, 0.15) is 123 Å². The first-order chi connectivity index (χ1) is 33.3. The van der Waals surface area contributed by atoms with Crippen molar-refractivity contribution in [3.63, 3.8) is 0 Å². The number of H-pyrrole nitrogens is 1. The van der Waals surface area contributed by atoms with Gasteiger partial charge in [0.2, 0.25) is 29.5 Å². The van der Waals surface area contributed by atoms with E-state index in [0.29, 0.717) is 31.5 Å². The van der Waals surface area contributed by atoms with Crippen LogP contribution in [0.2, 0.25) is 0 Å². The Bertz CT molecular complexity index is 1800. The average Bonchev–Trinajstić information content (AvgIpc) is 4.03. The second-order valence-corrected chi connectivity index (χ2v) is 19.9. The van der Waals surface area contributed by atoms with Gasteiger partial charge in [0.25, 0.3) is 0 Å². The van der Waals surface area contributed by atoms with Crippen LogP contribution in [0.3, 0.4) is 0 Å². The molecule has 8 atom stereocenters. The molecule has 24 heteroatoms. The van der Waals surface area contributed by atoms with Crippen molar-refractivity contribution in [2.75, 3.05) is 58.5 Å². The lowest BCUT2D eigenvalue weighted by Gasteiger charge is -2.28. The fourth-order valence-corrected chi connectivity index (χ4v) is 9.00. The van der Waals surface area contributed by atoms with Crippen LogP contribution in [0, 0.1) is 17.8 Å². The highest BCUT2D eigenvalue weighted by Crippen LogP contribution is 2.46. The number of nitrogens with one attached hydrogen (secondary N) is 4. The molecule has 70 heavy (non-hydrogen) atoms. The van der Waals surface area contributed by atoms with E-state index in [1.54, 1.807) is 0 Å². The number of likely N-dealkylation sites (tertiary alicyclic amines) is 1. The van der Waals surface area contributed by atoms with Crippen LogP contribution in [0.4, 0.5) is 0 Å². The molecule has 0 aromatic carbocycles. The Hall–Kier alpha value is -3.80. The first-order valence-corrected chi connectivity index (χ1v) is 26.7. The summed E-state index contributed by atoms with van der Waals surface area (Å²) in [6.45, 7) is 7.57. The highest BCUT2D eigenvalue weighted by Gasteiger charge is 2.38. The molecular weight excluding hydrogens is 952 g/mol. The Kier molecular flexibility index (Phi) is 30.8. The van der Waals surface area contributed by atoms with Crippen molar-refractivity contribution in [2.24, 2.45) is 29.2 Å². The summed E-state index contributed by atoms with van der Waals surface area (Å²) in [5.74, 6) is -6.71. The van der Waals surface area contributed by atoms with Gasteiger partial charge in [-0.1, -0.05) is 65.7 Å². The van der Waals surface area contributed by atoms with Crippen molar-refractivity contribution in [2.45, 2.75) is 154 Å². The molecule has 0 saturated carbocycles. The zero-order valence-electron chi connectivity index (χ0n) is 41.5. The third kappa shape index (κ3) is 24.6. The van der Waals surface area contributed by atoms with E-state index in [4.69, 9.17) is 30.0 Å². The fraction of sp³-hybridized carbons (Fsp3) is 0.783. The number of imidazole rings is 1. The van der Waals surface area contributed by atoms with Gasteiger partial charge in [0, 0.05) is 50.0 Å². The molecular formula is C46H81N8O14PS. The average molecular weight is 1030 g/mol. The van der Waals surface area contributed by atoms with Gasteiger partial charge in [0.15, 0.2) is 11.6 Å². The number of hydrogen-bond donors (Lipinski definition) is 9. The number of nitrogens with two attached hydrogens (primary N) is 2. The number of carbonyl (C=O) groups is 7. The van der Waals surface area contributed by atoms with Crippen LogP contribution in [0.25, 0.3) is 0 Å². The molecule has 1 fully saturated rings. The highest BCUT2D eigenvalue weighted by atomic mass is 32.1. The Labute approximate surface area is 418 Å². The minimum atomic E-state index is -4.66. The number of aromatic nitrogens is 2. The summed E-state index contributed by atoms with van der Waals surface area (Å²) in [5.41, 5.74) is 11.7. The summed E-state index contributed by atoms with van der Waals surface area (Å²) >= 11 is 3.99. The second kappa shape index (κ2) is 34.5. The molecule has 2 heterocycles. The SMILES string of the molecule is CCCCCCCCCCOP(=O)(O)O[C@H](C)[C@H](CC(=O)[C@H](CO)NC(=O)[C@@H](CC(=O)[C@H](CC(C)C)NC(=O)[C@@H]1CCCN1C(=O)CCOCCOCCNC(=O)[C@@H](N)CS)Cc1cnc[nH]1)C(N)=O. The van der Waals surface area contributed by atoms with Gasteiger partial charge in [-0.05, 0) is 38.5 Å². The van der Waals surface area contributed by atoms with E-state index >= 15 is 0 Å². The van der Waals surface area contributed by atoms with E-state index in [1.165, 1.54) is 37.2 Å². The van der Waals surface area contributed by atoms with Crippen LogP contribution in [0.15, 0.2) is 12.5 Å². The molecule has 0 spiro atoms. The number of aromatic amines is 1. The maximum absolute atomic E-state index is 14.1. The van der Waals surface area contributed by atoms with Crippen LogP contribution in [-0.2, 0) is 63.1 Å². The van der Waals surface area contributed by atoms with E-state index in [0.717, 1.165) is 32.1 Å². The fourth-order valence-electron chi connectivity index (χ4n) is 7.84. The number of aliphatic hydroxyl groups is 1. The maximum Gasteiger partial charge on any atom is 0.472 e. The van der Waals surface area contributed by atoms with Crippen molar-refractivity contribution in [1.82, 2.24) is 30.8 Å². The molecule has 1 aliphatic rings. The monoisotopic (exact) mass is 1030 g/mol. The van der Waals surface area contributed by atoms with Gasteiger partial charge in [-0.2, -0.15) is 12.6 Å². The van der Waals surface area contributed by atoms with Gasteiger partial charge in [0.05, 0.1) is 82.4 Å². The van der Waals surface area contributed by atoms with Gasteiger partial charge < -0.3 is 56.8 Å². The van der Waals surface area contributed by atoms with Gasteiger partial charge in [-0.15, -0.1) is 0 Å². The topological polar surface area (TPSA) is 334 Å². The summed E-state index contributed by atoms with van der Waals surface area (Å²) in [4.78, 5) is 112. The third-order valence-electron chi connectivity index (χ3n) is 11.8. The minimum absolute atomic E-state index is 0.00661. The van der Waals surface area contributed by atoms with E-state index in [1.807, 2.05) is 13.8 Å². The standard InChI is InChI=1S/C46H81N8O14PS/c1-5-6-7-8-9-10-11-12-18-67-69(63,64)68-32(4)35(43(48)59)26-41(57)38(28-55)53-44(60)33(24-34-27-49-30-51-34)25-40(56)37(23-31(2)3)52-46(62)39-14-13-17-54(39)42(58)15-19-65-21-22-66-20-16-50-45(61)36(47)29-70/h27,30-33,35-39,55,70H,5-26,28-29,47H2,1-4H3,(H2,48,59)(H,49,51)(H,50,61)(H,52,62)(H,53,60)(H,63,64)/t32-,33-,35+,36+,37+,38+,39+/m1/s1. The predicted molar refractivity (Wildman–Crippen MR) is 263 cm³/mol. The number of carbonyl (C=O) groups excluding carboxylic acids is 7. The lowest BCUT2D eigenvalue weighted by molar-refractivity contribution is -0.140. The van der Waals surface area contributed by atoms with E-state index in [-0.39, 0.29) is 82.3 Å². The van der Waals surface area contributed by atoms with Crippen molar-refractivity contribution < 1.29 is 66.6 Å². The largest absolute Gasteiger partial charge is 0.472 e. The van der Waals surface area contributed by atoms with Gasteiger partial charge in [-0.3, -0.25) is 42.6 Å². The number of rotatable bonds is 40. The summed E-state index contributed by atoms with van der Waals surface area (Å²) < 4.78 is 34.0. The minimum Gasteiger partial charge on any atom is -0.394 e. The van der Waals surface area contributed by atoms with Crippen LogP contribution in [0.5, 0.6) is 0 Å². The number of amides is 5. The first kappa shape index (κ1) is 62.3. The summed E-state index contributed by atoms with van der Waals surface area (Å²) in [6, 6.07) is -4.15. The number of phosphoric acid groups is 1. The highest BCUT2D eigenvalue weighted by molar-refractivity contribution is 7.80. The molecule has 2 rings (SSSR count). The summed E-state index contributed by atoms with van der Waals surface area (Å²) in [7, 11) is -4.66. The lowest BCUT2D eigenvalue weighted by atomic mass is 9.89. The number of hydrogen-bond acceptors (Lipinski definition) is 16. The molecule has 1 aromatic heterocycles. The molecule has 1 saturated heterocycles. The number of phosphoric ester groups is 1. The smallest absolute Gasteiger partial charge is 0.394 e. The number of unbranched alkanes of at least 4 members (excludes halogenated alkanes) is 7. The number of ketones is 2. The first-order valence-electron chi connectivity index (χ1n) is 24.6. The number of nitrogens with zero attached hydrogens (tertiary/aromatic N) is 2. The van der Waals surface area contributed by atoms with Crippen molar-refractivity contribution in [3.8, 4) is 0 Å². The number of ether oxygens (including phenoxy) is 2. The van der Waals surface area contributed by atoms with Crippen molar-refractivity contribution in [3.05, 3.63) is 18.2 Å². The Balaban J connectivity index is 2.02. The normalized spacial score (nSPS) is 17.2. The van der Waals surface area contributed by atoms with Crippen molar-refractivity contribution in [1.29, 1.82) is 0 Å². The van der Waals surface area contributed by atoms with Crippen LogP contribution in [-0.4, -0.2) is 155 Å². The number of Topliss-reactive ketones (excluding diaryl/α,β-unsaturated/α-hetero) is 2. The maximum atomic E-state index is 14.1. The van der Waals surface area contributed by atoms with Crippen LogP contribution < -0.4 is 27.4 Å². The third-order valence-corrected chi connectivity index (χ3v) is 13.3. The quantitative estimate of drug-likeness (QED) is 0.0258. The zero-order valence-corrected chi connectivity index (χ0v) is 43.3. The number of thiol groups is 1. The molecule has 22 nitrogen and oxygen atoms in total. The molecule has 0 aliphatic carbocycles.